The Bertz CT molecular complexity index is 663. The first-order valence-corrected chi connectivity index (χ1v) is 10.5. The molecule has 1 aromatic rings. The summed E-state index contributed by atoms with van der Waals surface area (Å²) in [6.45, 7) is 6.23. The van der Waals surface area contributed by atoms with Crippen molar-refractivity contribution in [2.75, 3.05) is 32.0 Å². The van der Waals surface area contributed by atoms with E-state index in [-0.39, 0.29) is 16.8 Å². The van der Waals surface area contributed by atoms with Crippen LogP contribution in [0.1, 0.15) is 39.5 Å². The lowest BCUT2D eigenvalue weighted by Crippen LogP contribution is -3.12. The van der Waals surface area contributed by atoms with Crippen molar-refractivity contribution in [3.8, 4) is 0 Å². The molecule has 25 heavy (non-hydrogen) atoms. The fourth-order valence-corrected chi connectivity index (χ4v) is 4.36. The molecule has 0 unspecified atom stereocenters. The van der Waals surface area contributed by atoms with Gasteiger partial charge in [-0.1, -0.05) is 0 Å². The second-order valence-corrected chi connectivity index (χ2v) is 9.03. The monoisotopic (exact) mass is 368 g/mol. The maximum atomic E-state index is 12.4. The molecule has 1 fully saturated rings. The number of rotatable bonds is 6. The highest BCUT2D eigenvalue weighted by Gasteiger charge is 2.23. The van der Waals surface area contributed by atoms with Gasteiger partial charge in [-0.3, -0.25) is 4.79 Å². The molecule has 1 aromatic carbocycles. The third-order valence-corrected chi connectivity index (χ3v) is 6.81. The van der Waals surface area contributed by atoms with Crippen molar-refractivity contribution in [3.05, 3.63) is 24.3 Å². The number of benzene rings is 1. The van der Waals surface area contributed by atoms with Gasteiger partial charge >= 0.3 is 0 Å². The number of hydrogen-bond acceptors (Lipinski definition) is 3. The number of amides is 1. The first-order chi connectivity index (χ1) is 11.8. The Balaban J connectivity index is 1.96. The van der Waals surface area contributed by atoms with Crippen molar-refractivity contribution in [1.82, 2.24) is 4.31 Å². The number of quaternary nitrogens is 1. The number of nitrogens with one attached hydrogen (secondary N) is 2. The lowest BCUT2D eigenvalue weighted by Gasteiger charge is -2.21. The molecule has 1 amide bonds. The van der Waals surface area contributed by atoms with Crippen molar-refractivity contribution < 1.29 is 18.1 Å². The largest absolute Gasteiger partial charge is 0.327 e. The number of likely N-dealkylation sites (tertiary alicyclic amines) is 1. The van der Waals surface area contributed by atoms with Crippen LogP contribution in [-0.2, 0) is 14.8 Å². The van der Waals surface area contributed by atoms with Gasteiger partial charge in [-0.2, -0.15) is 4.31 Å². The lowest BCUT2D eigenvalue weighted by atomic mass is 10.2. The van der Waals surface area contributed by atoms with E-state index in [1.54, 1.807) is 31.3 Å². The predicted octanol–water partition coefficient (Wildman–Crippen LogP) is 1.11. The Morgan fingerprint density at radius 2 is 1.68 bits per heavy atom. The highest BCUT2D eigenvalue weighted by atomic mass is 32.2. The van der Waals surface area contributed by atoms with Crippen LogP contribution in [0.2, 0.25) is 0 Å². The summed E-state index contributed by atoms with van der Waals surface area (Å²) < 4.78 is 26.2. The topological polar surface area (TPSA) is 70.9 Å². The van der Waals surface area contributed by atoms with E-state index < -0.39 is 10.0 Å². The van der Waals surface area contributed by atoms with Gasteiger partial charge in [-0.15, -0.1) is 0 Å². The molecule has 6 nitrogen and oxygen atoms in total. The Labute approximate surface area is 151 Å². The predicted molar refractivity (Wildman–Crippen MR) is 99.2 cm³/mol. The SMILES string of the molecule is CC(C)N(C)S(=O)(=O)c1ccc(NC(=O)C[NH+]2CCCCCC2)cc1. The first kappa shape index (κ1) is 19.9. The van der Waals surface area contributed by atoms with Crippen molar-refractivity contribution in [2.45, 2.75) is 50.5 Å². The van der Waals surface area contributed by atoms with Gasteiger partial charge in [0.15, 0.2) is 6.54 Å². The second kappa shape index (κ2) is 8.78. The van der Waals surface area contributed by atoms with Crippen LogP contribution in [0, 0.1) is 0 Å². The quantitative estimate of drug-likeness (QED) is 0.790. The summed E-state index contributed by atoms with van der Waals surface area (Å²) in [5.74, 6) is -0.0215. The van der Waals surface area contributed by atoms with Crippen LogP contribution in [0.25, 0.3) is 0 Å². The molecule has 2 rings (SSSR count). The zero-order chi connectivity index (χ0) is 18.4. The maximum Gasteiger partial charge on any atom is 0.279 e. The van der Waals surface area contributed by atoms with Crippen molar-refractivity contribution in [2.24, 2.45) is 0 Å². The Hall–Kier alpha value is -1.44. The molecular weight excluding hydrogens is 338 g/mol. The number of anilines is 1. The maximum absolute atomic E-state index is 12.4. The third kappa shape index (κ3) is 5.52. The van der Waals surface area contributed by atoms with Crippen molar-refractivity contribution >= 4 is 21.6 Å². The Morgan fingerprint density at radius 3 is 2.20 bits per heavy atom. The molecule has 0 bridgehead atoms. The minimum Gasteiger partial charge on any atom is -0.327 e. The average molecular weight is 369 g/mol. The summed E-state index contributed by atoms with van der Waals surface area (Å²) in [4.78, 5) is 13.8. The van der Waals surface area contributed by atoms with Gasteiger partial charge in [0.25, 0.3) is 5.91 Å². The zero-order valence-corrected chi connectivity index (χ0v) is 16.2. The van der Waals surface area contributed by atoms with Crippen LogP contribution in [0.5, 0.6) is 0 Å². The molecule has 1 heterocycles. The van der Waals surface area contributed by atoms with Gasteiger partial charge in [0.2, 0.25) is 10.0 Å². The number of sulfonamides is 1. The molecular formula is C18H30N3O3S+. The number of carbonyl (C=O) groups is 1. The molecule has 1 aliphatic rings. The number of hydrogen-bond donors (Lipinski definition) is 2. The lowest BCUT2D eigenvalue weighted by molar-refractivity contribution is -0.890. The molecule has 0 spiro atoms. The molecule has 140 valence electrons. The van der Waals surface area contributed by atoms with Crippen LogP contribution >= 0.6 is 0 Å². The van der Waals surface area contributed by atoms with Gasteiger partial charge < -0.3 is 10.2 Å². The van der Waals surface area contributed by atoms with Gasteiger partial charge in [0.1, 0.15) is 0 Å². The molecule has 2 N–H and O–H groups in total. The van der Waals surface area contributed by atoms with E-state index >= 15 is 0 Å². The van der Waals surface area contributed by atoms with E-state index in [0.717, 1.165) is 13.1 Å². The molecule has 0 atom stereocenters. The minimum absolute atomic E-state index is 0.0215. The van der Waals surface area contributed by atoms with Crippen LogP contribution in [0.3, 0.4) is 0 Å². The number of carbonyl (C=O) groups excluding carboxylic acids is 1. The van der Waals surface area contributed by atoms with E-state index in [1.807, 2.05) is 13.8 Å². The highest BCUT2D eigenvalue weighted by molar-refractivity contribution is 7.89. The van der Waals surface area contributed by atoms with E-state index in [9.17, 15) is 13.2 Å². The molecule has 7 heteroatoms. The number of nitrogens with zero attached hydrogens (tertiary/aromatic N) is 1. The van der Waals surface area contributed by atoms with Crippen LogP contribution in [0.4, 0.5) is 5.69 Å². The Kier molecular flexibility index (Phi) is 6.98. The van der Waals surface area contributed by atoms with E-state index in [1.165, 1.54) is 34.9 Å². The van der Waals surface area contributed by atoms with Gasteiger partial charge in [-0.05, 0) is 63.8 Å². The van der Waals surface area contributed by atoms with Crippen LogP contribution < -0.4 is 10.2 Å². The highest BCUT2D eigenvalue weighted by Crippen LogP contribution is 2.18. The Morgan fingerprint density at radius 1 is 1.12 bits per heavy atom. The normalized spacial score (nSPS) is 16.8. The van der Waals surface area contributed by atoms with Crippen LogP contribution in [0.15, 0.2) is 29.2 Å². The fraction of sp³-hybridized carbons (Fsp3) is 0.611. The van der Waals surface area contributed by atoms with E-state index in [0.29, 0.717) is 12.2 Å². The van der Waals surface area contributed by atoms with E-state index in [2.05, 4.69) is 5.32 Å². The summed E-state index contributed by atoms with van der Waals surface area (Å²) in [7, 11) is -1.92. The second-order valence-electron chi connectivity index (χ2n) is 7.03. The zero-order valence-electron chi connectivity index (χ0n) is 15.4. The molecule has 0 radical (unpaired) electrons. The molecule has 0 aromatic heterocycles. The summed E-state index contributed by atoms with van der Waals surface area (Å²) in [5.41, 5.74) is 0.630. The smallest absolute Gasteiger partial charge is 0.279 e. The first-order valence-electron chi connectivity index (χ1n) is 9.02. The molecule has 1 aliphatic heterocycles. The summed E-state index contributed by atoms with van der Waals surface area (Å²) in [6, 6.07) is 6.28. The summed E-state index contributed by atoms with van der Waals surface area (Å²) in [6.07, 6.45) is 4.87. The molecule has 1 saturated heterocycles. The van der Waals surface area contributed by atoms with Gasteiger partial charge in [0, 0.05) is 18.8 Å². The standard InChI is InChI=1S/C18H29N3O3S/c1-15(2)20(3)25(23,24)17-10-8-16(9-11-17)19-18(22)14-21-12-6-4-5-7-13-21/h8-11,15H,4-7,12-14H2,1-3H3,(H,19,22)/p+1. The van der Waals surface area contributed by atoms with E-state index in [4.69, 9.17) is 0 Å². The molecule has 0 aliphatic carbocycles. The summed E-state index contributed by atoms with van der Waals surface area (Å²) in [5, 5.41) is 2.87. The summed E-state index contributed by atoms with van der Waals surface area (Å²) >= 11 is 0. The van der Waals surface area contributed by atoms with Gasteiger partial charge in [0.05, 0.1) is 18.0 Å². The van der Waals surface area contributed by atoms with Crippen LogP contribution in [-0.4, -0.2) is 51.4 Å². The van der Waals surface area contributed by atoms with Gasteiger partial charge in [-0.25, -0.2) is 8.42 Å². The average Bonchev–Trinajstić information content (AvgIpc) is 2.83. The van der Waals surface area contributed by atoms with Crippen molar-refractivity contribution in [3.63, 3.8) is 0 Å². The molecule has 0 saturated carbocycles. The third-order valence-electron chi connectivity index (χ3n) is 4.76. The fourth-order valence-electron chi connectivity index (χ4n) is 2.99. The van der Waals surface area contributed by atoms with Crippen molar-refractivity contribution in [1.29, 1.82) is 0 Å². The minimum atomic E-state index is -3.49.